The van der Waals surface area contributed by atoms with Crippen molar-refractivity contribution in [3.05, 3.63) is 70.5 Å². The molecule has 0 saturated carbocycles. The molecule has 2 rings (SSSR count). The van der Waals surface area contributed by atoms with Crippen molar-refractivity contribution in [3.8, 4) is 0 Å². The molecule has 2 amide bonds. The summed E-state index contributed by atoms with van der Waals surface area (Å²) in [5.41, 5.74) is 0.603. The van der Waals surface area contributed by atoms with Gasteiger partial charge in [0.2, 0.25) is 11.8 Å². The summed E-state index contributed by atoms with van der Waals surface area (Å²) in [7, 11) is 0. The van der Waals surface area contributed by atoms with Crippen LogP contribution >= 0.6 is 11.6 Å². The molecule has 0 radical (unpaired) electrons. The van der Waals surface area contributed by atoms with E-state index in [1.54, 1.807) is 6.07 Å². The van der Waals surface area contributed by atoms with Crippen molar-refractivity contribution in [1.29, 1.82) is 0 Å². The Kier molecular flexibility index (Phi) is 7.80. The Bertz CT molecular complexity index is 829. The van der Waals surface area contributed by atoms with Gasteiger partial charge in [0.05, 0.1) is 6.42 Å². The van der Waals surface area contributed by atoms with Crippen molar-refractivity contribution < 1.29 is 14.0 Å². The van der Waals surface area contributed by atoms with E-state index in [2.05, 4.69) is 5.32 Å². The minimum Gasteiger partial charge on any atom is -0.350 e. The molecular formula is C23H28ClFN2O2. The Balaban J connectivity index is 2.35. The maximum absolute atomic E-state index is 14.2. The zero-order valence-corrected chi connectivity index (χ0v) is 18.1. The molecule has 0 unspecified atom stereocenters. The van der Waals surface area contributed by atoms with Crippen LogP contribution in [0.4, 0.5) is 4.39 Å². The third kappa shape index (κ3) is 6.57. The monoisotopic (exact) mass is 418 g/mol. The van der Waals surface area contributed by atoms with Crippen LogP contribution in [0.2, 0.25) is 5.02 Å². The molecule has 2 aromatic rings. The van der Waals surface area contributed by atoms with E-state index in [1.165, 1.54) is 17.0 Å². The maximum atomic E-state index is 14.2. The van der Waals surface area contributed by atoms with Crippen LogP contribution in [0.5, 0.6) is 0 Å². The smallest absolute Gasteiger partial charge is 0.243 e. The van der Waals surface area contributed by atoms with E-state index in [1.807, 2.05) is 58.0 Å². The molecule has 0 saturated heterocycles. The fourth-order valence-electron chi connectivity index (χ4n) is 3.11. The number of nitrogens with one attached hydrogen (secondary N) is 1. The average molecular weight is 419 g/mol. The minimum atomic E-state index is -0.674. The number of benzene rings is 2. The number of carbonyl (C=O) groups is 2. The molecule has 0 aromatic heterocycles. The third-order valence-corrected chi connectivity index (χ3v) is 4.82. The highest BCUT2D eigenvalue weighted by molar-refractivity contribution is 6.31. The van der Waals surface area contributed by atoms with Gasteiger partial charge < -0.3 is 10.2 Å². The van der Waals surface area contributed by atoms with E-state index in [0.29, 0.717) is 6.42 Å². The van der Waals surface area contributed by atoms with Gasteiger partial charge in [0, 0.05) is 22.7 Å². The van der Waals surface area contributed by atoms with Gasteiger partial charge >= 0.3 is 0 Å². The minimum absolute atomic E-state index is 0.142. The predicted molar refractivity (Wildman–Crippen MR) is 114 cm³/mol. The van der Waals surface area contributed by atoms with Gasteiger partial charge in [-0.1, -0.05) is 54.9 Å². The molecule has 0 aliphatic carbocycles. The summed E-state index contributed by atoms with van der Waals surface area (Å²) in [6, 6.07) is 13.1. The average Bonchev–Trinajstić information content (AvgIpc) is 2.64. The van der Waals surface area contributed by atoms with Gasteiger partial charge in [0.15, 0.2) is 0 Å². The Morgan fingerprint density at radius 1 is 1.10 bits per heavy atom. The van der Waals surface area contributed by atoms with Crippen LogP contribution in [0.25, 0.3) is 0 Å². The molecule has 0 aliphatic rings. The number of hydrogen-bond acceptors (Lipinski definition) is 2. The van der Waals surface area contributed by atoms with E-state index >= 15 is 0 Å². The van der Waals surface area contributed by atoms with Crippen molar-refractivity contribution in [2.75, 3.05) is 0 Å². The van der Waals surface area contributed by atoms with E-state index in [4.69, 9.17) is 11.6 Å². The summed E-state index contributed by atoms with van der Waals surface area (Å²) in [5, 5.41) is 3.14. The zero-order valence-electron chi connectivity index (χ0n) is 17.3. The quantitative estimate of drug-likeness (QED) is 0.705. The standard InChI is InChI=1S/C23H28ClFN2O2/c1-5-20(22(29)26-23(2,3)4)27(15-16-10-7-6-8-11-16)21(28)14-17-18(24)12-9-13-19(17)25/h6-13,20H,5,14-15H2,1-4H3,(H,26,29)/t20-/m0/s1. The van der Waals surface area contributed by atoms with Crippen LogP contribution in [0.1, 0.15) is 45.2 Å². The first-order chi connectivity index (χ1) is 13.6. The topological polar surface area (TPSA) is 49.4 Å². The molecule has 0 fully saturated rings. The molecule has 6 heteroatoms. The first kappa shape index (κ1) is 22.9. The summed E-state index contributed by atoms with van der Waals surface area (Å²) >= 11 is 6.11. The predicted octanol–water partition coefficient (Wildman–Crippen LogP) is 4.74. The lowest BCUT2D eigenvalue weighted by Crippen LogP contribution is -2.53. The Hall–Kier alpha value is -2.40. The largest absolute Gasteiger partial charge is 0.350 e. The highest BCUT2D eigenvalue weighted by Gasteiger charge is 2.31. The number of amides is 2. The second-order valence-electron chi connectivity index (χ2n) is 8.05. The van der Waals surface area contributed by atoms with Gasteiger partial charge in [-0.3, -0.25) is 9.59 Å². The van der Waals surface area contributed by atoms with E-state index in [-0.39, 0.29) is 35.4 Å². The molecular weight excluding hydrogens is 391 g/mol. The van der Waals surface area contributed by atoms with Crippen LogP contribution in [0, 0.1) is 5.82 Å². The number of hydrogen-bond donors (Lipinski definition) is 1. The van der Waals surface area contributed by atoms with Crippen LogP contribution in [-0.2, 0) is 22.6 Å². The van der Waals surface area contributed by atoms with Gasteiger partial charge in [0.25, 0.3) is 0 Å². The fraction of sp³-hybridized carbons (Fsp3) is 0.391. The van der Waals surface area contributed by atoms with Gasteiger partial charge in [-0.25, -0.2) is 4.39 Å². The molecule has 0 spiro atoms. The van der Waals surface area contributed by atoms with Crippen molar-refractivity contribution in [2.45, 2.75) is 58.7 Å². The van der Waals surface area contributed by atoms with Gasteiger partial charge in [-0.2, -0.15) is 0 Å². The van der Waals surface area contributed by atoms with E-state index < -0.39 is 17.4 Å². The molecule has 2 aromatic carbocycles. The number of rotatable bonds is 7. The molecule has 1 N–H and O–H groups in total. The SMILES string of the molecule is CC[C@@H](C(=O)NC(C)(C)C)N(Cc1ccccc1)C(=O)Cc1c(F)cccc1Cl. The van der Waals surface area contributed by atoms with Gasteiger partial charge in [-0.15, -0.1) is 0 Å². The molecule has 156 valence electrons. The summed E-state index contributed by atoms with van der Waals surface area (Å²) in [5.74, 6) is -1.11. The highest BCUT2D eigenvalue weighted by atomic mass is 35.5. The summed E-state index contributed by atoms with van der Waals surface area (Å²) < 4.78 is 14.2. The Labute approximate surface area is 177 Å². The van der Waals surface area contributed by atoms with Crippen molar-refractivity contribution >= 4 is 23.4 Å². The Morgan fingerprint density at radius 3 is 2.31 bits per heavy atom. The van der Waals surface area contributed by atoms with Crippen molar-refractivity contribution in [3.63, 3.8) is 0 Å². The van der Waals surface area contributed by atoms with Crippen LogP contribution in [0.15, 0.2) is 48.5 Å². The second-order valence-corrected chi connectivity index (χ2v) is 8.45. The zero-order chi connectivity index (χ0) is 21.6. The highest BCUT2D eigenvalue weighted by Crippen LogP contribution is 2.22. The lowest BCUT2D eigenvalue weighted by molar-refractivity contribution is -0.141. The molecule has 0 aliphatic heterocycles. The molecule has 0 bridgehead atoms. The summed E-state index contributed by atoms with van der Waals surface area (Å²) in [6.45, 7) is 7.77. The maximum Gasteiger partial charge on any atom is 0.243 e. The molecule has 1 atom stereocenters. The second kappa shape index (κ2) is 9.88. The van der Waals surface area contributed by atoms with Crippen LogP contribution < -0.4 is 5.32 Å². The first-order valence-electron chi connectivity index (χ1n) is 9.70. The number of nitrogens with zero attached hydrogens (tertiary/aromatic N) is 1. The van der Waals surface area contributed by atoms with E-state index in [9.17, 15) is 14.0 Å². The number of carbonyl (C=O) groups excluding carboxylic acids is 2. The van der Waals surface area contributed by atoms with Crippen LogP contribution in [-0.4, -0.2) is 28.3 Å². The van der Waals surface area contributed by atoms with Gasteiger partial charge in [0.1, 0.15) is 11.9 Å². The van der Waals surface area contributed by atoms with Crippen molar-refractivity contribution in [2.24, 2.45) is 0 Å². The normalized spacial score (nSPS) is 12.3. The first-order valence-corrected chi connectivity index (χ1v) is 10.1. The van der Waals surface area contributed by atoms with Gasteiger partial charge in [-0.05, 0) is 44.9 Å². The molecule has 4 nitrogen and oxygen atoms in total. The van der Waals surface area contributed by atoms with Crippen molar-refractivity contribution in [1.82, 2.24) is 10.2 Å². The summed E-state index contributed by atoms with van der Waals surface area (Å²) in [4.78, 5) is 27.6. The molecule has 29 heavy (non-hydrogen) atoms. The fourth-order valence-corrected chi connectivity index (χ4v) is 3.34. The lowest BCUT2D eigenvalue weighted by atomic mass is 10.0. The summed E-state index contributed by atoms with van der Waals surface area (Å²) in [6.07, 6.45) is 0.225. The lowest BCUT2D eigenvalue weighted by Gasteiger charge is -2.33. The number of halogens is 2. The molecule has 0 heterocycles. The van der Waals surface area contributed by atoms with E-state index in [0.717, 1.165) is 5.56 Å². The van der Waals surface area contributed by atoms with Crippen LogP contribution in [0.3, 0.4) is 0 Å². The third-order valence-electron chi connectivity index (χ3n) is 4.47. The Morgan fingerprint density at radius 2 is 1.76 bits per heavy atom.